The molecular weight excluding hydrogens is 193 g/mol. The largest absolute Gasteiger partial charge is 0.394 e. The number of benzene rings is 1. The molecule has 2 N–H and O–H groups in total. The summed E-state index contributed by atoms with van der Waals surface area (Å²) < 4.78 is 12.6. The van der Waals surface area contributed by atoms with Crippen LogP contribution < -0.4 is 5.32 Å². The van der Waals surface area contributed by atoms with Crippen molar-refractivity contribution in [3.05, 3.63) is 35.6 Å². The van der Waals surface area contributed by atoms with Crippen molar-refractivity contribution in [1.29, 1.82) is 0 Å². The molecule has 3 heteroatoms. The first kappa shape index (κ1) is 10.6. The lowest BCUT2D eigenvalue weighted by Crippen LogP contribution is -2.53. The van der Waals surface area contributed by atoms with Gasteiger partial charge in [-0.1, -0.05) is 12.1 Å². The predicted octanol–water partition coefficient (Wildman–Crippen LogP) is 1.83. The van der Waals surface area contributed by atoms with Crippen LogP contribution in [0.2, 0.25) is 0 Å². The van der Waals surface area contributed by atoms with Crippen LogP contribution in [-0.2, 0) is 6.54 Å². The zero-order chi connectivity index (χ0) is 10.7. The number of halogens is 1. The van der Waals surface area contributed by atoms with Gasteiger partial charge in [0.05, 0.1) is 6.61 Å². The second-order valence-corrected chi connectivity index (χ2v) is 4.27. The maximum atomic E-state index is 12.6. The van der Waals surface area contributed by atoms with E-state index in [0.717, 1.165) is 18.4 Å². The third-order valence-corrected chi connectivity index (χ3v) is 3.19. The first-order valence-electron chi connectivity index (χ1n) is 5.34. The Balaban J connectivity index is 1.90. The first-order valence-corrected chi connectivity index (χ1v) is 5.34. The van der Waals surface area contributed by atoms with Crippen molar-refractivity contribution in [2.45, 2.75) is 31.3 Å². The highest BCUT2D eigenvalue weighted by Crippen LogP contribution is 2.31. The molecule has 0 radical (unpaired) electrons. The lowest BCUT2D eigenvalue weighted by Gasteiger charge is -2.41. The van der Waals surface area contributed by atoms with Gasteiger partial charge < -0.3 is 10.4 Å². The Hall–Kier alpha value is -0.930. The molecule has 0 saturated heterocycles. The number of hydrogen-bond acceptors (Lipinski definition) is 2. The number of hydrogen-bond donors (Lipinski definition) is 2. The van der Waals surface area contributed by atoms with E-state index in [1.54, 1.807) is 12.1 Å². The Labute approximate surface area is 89.1 Å². The lowest BCUT2D eigenvalue weighted by atomic mass is 9.77. The van der Waals surface area contributed by atoms with Crippen LogP contribution in [0.3, 0.4) is 0 Å². The van der Waals surface area contributed by atoms with Gasteiger partial charge in [-0.2, -0.15) is 0 Å². The van der Waals surface area contributed by atoms with Gasteiger partial charge in [0, 0.05) is 12.1 Å². The van der Waals surface area contributed by atoms with E-state index in [0.29, 0.717) is 6.54 Å². The van der Waals surface area contributed by atoms with Crippen LogP contribution in [0.4, 0.5) is 4.39 Å². The van der Waals surface area contributed by atoms with E-state index in [2.05, 4.69) is 5.32 Å². The molecule has 82 valence electrons. The van der Waals surface area contributed by atoms with E-state index in [-0.39, 0.29) is 18.0 Å². The lowest BCUT2D eigenvalue weighted by molar-refractivity contribution is 0.0872. The fourth-order valence-electron chi connectivity index (χ4n) is 1.89. The molecule has 0 bridgehead atoms. The van der Waals surface area contributed by atoms with Gasteiger partial charge in [0.25, 0.3) is 0 Å². The Bertz CT molecular complexity index is 313. The Morgan fingerprint density at radius 1 is 1.27 bits per heavy atom. The minimum absolute atomic E-state index is 0.0750. The molecule has 0 amide bonds. The van der Waals surface area contributed by atoms with Gasteiger partial charge in [0.2, 0.25) is 0 Å². The van der Waals surface area contributed by atoms with Crippen LogP contribution >= 0.6 is 0 Å². The van der Waals surface area contributed by atoms with Crippen molar-refractivity contribution in [3.8, 4) is 0 Å². The molecule has 2 rings (SSSR count). The van der Waals surface area contributed by atoms with Gasteiger partial charge in [0.1, 0.15) is 5.82 Å². The molecule has 1 aromatic carbocycles. The van der Waals surface area contributed by atoms with Gasteiger partial charge in [-0.3, -0.25) is 0 Å². The van der Waals surface area contributed by atoms with E-state index >= 15 is 0 Å². The Kier molecular flexibility index (Phi) is 3.03. The fraction of sp³-hybridized carbons (Fsp3) is 0.500. The van der Waals surface area contributed by atoms with E-state index in [9.17, 15) is 9.50 Å². The van der Waals surface area contributed by atoms with Crippen molar-refractivity contribution in [2.75, 3.05) is 6.61 Å². The molecule has 0 heterocycles. The number of aliphatic hydroxyl groups excluding tert-OH is 1. The first-order chi connectivity index (χ1) is 7.24. The van der Waals surface area contributed by atoms with Crippen LogP contribution in [0.1, 0.15) is 24.8 Å². The summed E-state index contributed by atoms with van der Waals surface area (Å²) >= 11 is 0. The zero-order valence-corrected chi connectivity index (χ0v) is 8.67. The predicted molar refractivity (Wildman–Crippen MR) is 56.9 cm³/mol. The molecule has 2 nitrogen and oxygen atoms in total. The summed E-state index contributed by atoms with van der Waals surface area (Å²) in [4.78, 5) is 0. The van der Waals surface area contributed by atoms with E-state index in [1.807, 2.05) is 0 Å². The van der Waals surface area contributed by atoms with Gasteiger partial charge >= 0.3 is 0 Å². The van der Waals surface area contributed by atoms with E-state index < -0.39 is 0 Å². The van der Waals surface area contributed by atoms with Crippen molar-refractivity contribution in [1.82, 2.24) is 5.32 Å². The maximum absolute atomic E-state index is 12.6. The SMILES string of the molecule is OCC1(NCc2ccc(F)cc2)CCC1. The van der Waals surface area contributed by atoms with Crippen molar-refractivity contribution < 1.29 is 9.50 Å². The van der Waals surface area contributed by atoms with Gasteiger partial charge in [-0.25, -0.2) is 4.39 Å². The summed E-state index contributed by atoms with van der Waals surface area (Å²) in [6.45, 7) is 0.884. The van der Waals surface area contributed by atoms with Crippen molar-refractivity contribution >= 4 is 0 Å². The Morgan fingerprint density at radius 2 is 1.93 bits per heavy atom. The average molecular weight is 209 g/mol. The van der Waals surface area contributed by atoms with Crippen LogP contribution in [0, 0.1) is 5.82 Å². The van der Waals surface area contributed by atoms with Crippen LogP contribution in [0.5, 0.6) is 0 Å². The molecule has 0 spiro atoms. The minimum Gasteiger partial charge on any atom is -0.394 e. The molecule has 0 unspecified atom stereocenters. The highest BCUT2D eigenvalue weighted by Gasteiger charge is 2.35. The molecule has 1 aliphatic rings. The molecule has 15 heavy (non-hydrogen) atoms. The van der Waals surface area contributed by atoms with Crippen molar-refractivity contribution in [3.63, 3.8) is 0 Å². The topological polar surface area (TPSA) is 32.3 Å². The summed E-state index contributed by atoms with van der Waals surface area (Å²) in [6.07, 6.45) is 3.24. The van der Waals surface area contributed by atoms with Gasteiger partial charge in [-0.15, -0.1) is 0 Å². The monoisotopic (exact) mass is 209 g/mol. The molecule has 1 aliphatic carbocycles. The molecule has 1 saturated carbocycles. The number of aliphatic hydroxyl groups is 1. The van der Waals surface area contributed by atoms with Gasteiger partial charge in [-0.05, 0) is 37.0 Å². The summed E-state index contributed by atoms with van der Waals surface area (Å²) in [7, 11) is 0. The minimum atomic E-state index is -0.209. The Morgan fingerprint density at radius 3 is 2.40 bits per heavy atom. The fourth-order valence-corrected chi connectivity index (χ4v) is 1.89. The number of rotatable bonds is 4. The third kappa shape index (κ3) is 2.36. The van der Waals surface area contributed by atoms with Gasteiger partial charge in [0.15, 0.2) is 0 Å². The van der Waals surface area contributed by atoms with E-state index in [1.165, 1.54) is 18.6 Å². The van der Waals surface area contributed by atoms with Crippen LogP contribution in [0.25, 0.3) is 0 Å². The normalized spacial score (nSPS) is 18.5. The molecule has 1 fully saturated rings. The average Bonchev–Trinajstić information content (AvgIpc) is 2.20. The quantitative estimate of drug-likeness (QED) is 0.793. The summed E-state index contributed by atoms with van der Waals surface area (Å²) in [5, 5.41) is 12.6. The highest BCUT2D eigenvalue weighted by molar-refractivity contribution is 5.16. The smallest absolute Gasteiger partial charge is 0.123 e. The zero-order valence-electron chi connectivity index (χ0n) is 8.67. The molecule has 1 aromatic rings. The second kappa shape index (κ2) is 4.29. The van der Waals surface area contributed by atoms with E-state index in [4.69, 9.17) is 0 Å². The summed E-state index contributed by atoms with van der Waals surface area (Å²) in [5.41, 5.74) is 0.977. The molecular formula is C12H16FNO. The van der Waals surface area contributed by atoms with Crippen molar-refractivity contribution in [2.24, 2.45) is 0 Å². The van der Waals surface area contributed by atoms with Crippen LogP contribution in [0.15, 0.2) is 24.3 Å². The standard InChI is InChI=1S/C12H16FNO/c13-11-4-2-10(3-5-11)8-14-12(9-15)6-1-7-12/h2-5,14-15H,1,6-9H2. The summed E-state index contributed by atoms with van der Waals surface area (Å²) in [5.74, 6) is -0.209. The summed E-state index contributed by atoms with van der Waals surface area (Å²) in [6, 6.07) is 6.46. The molecule has 0 aliphatic heterocycles. The maximum Gasteiger partial charge on any atom is 0.123 e. The highest BCUT2D eigenvalue weighted by atomic mass is 19.1. The second-order valence-electron chi connectivity index (χ2n) is 4.27. The molecule has 0 aromatic heterocycles. The molecule has 0 atom stereocenters. The third-order valence-electron chi connectivity index (χ3n) is 3.19. The number of nitrogens with one attached hydrogen (secondary N) is 1. The van der Waals surface area contributed by atoms with Crippen LogP contribution in [-0.4, -0.2) is 17.3 Å².